The predicted octanol–water partition coefficient (Wildman–Crippen LogP) is 4.02. The summed E-state index contributed by atoms with van der Waals surface area (Å²) in [6, 6.07) is 0. The topological polar surface area (TPSA) is 0 Å². The second-order valence-corrected chi connectivity index (χ2v) is 3.22. The monoisotopic (exact) mass is 226 g/mol. The van der Waals surface area contributed by atoms with Gasteiger partial charge in [0.1, 0.15) is 0 Å². The second kappa shape index (κ2) is 6.01. The maximum absolute atomic E-state index is 3.93. The fourth-order valence-electron chi connectivity index (χ4n) is 0.727. The van der Waals surface area contributed by atoms with Gasteiger partial charge in [0.25, 0.3) is 0 Å². The predicted molar refractivity (Wildman–Crippen MR) is 60.6 cm³/mol. The lowest BCUT2D eigenvalue weighted by atomic mass is 10.1. The Morgan fingerprint density at radius 1 is 1.33 bits per heavy atom. The minimum absolute atomic E-state index is 0.813. The lowest BCUT2D eigenvalue weighted by Gasteiger charge is -2.00. The number of allylic oxidation sites excluding steroid dienone is 6. The van der Waals surface area contributed by atoms with Gasteiger partial charge in [-0.05, 0) is 25.0 Å². The number of halogens is 1. The van der Waals surface area contributed by atoms with Crippen LogP contribution in [0.25, 0.3) is 0 Å². The maximum atomic E-state index is 3.93. The van der Waals surface area contributed by atoms with Crippen molar-refractivity contribution in [2.24, 2.45) is 0 Å². The highest BCUT2D eigenvalue weighted by atomic mass is 79.9. The Balaban J connectivity index is 4.40. The van der Waals surface area contributed by atoms with Gasteiger partial charge in [-0.15, -0.1) is 0 Å². The molecule has 0 saturated carbocycles. The molecule has 0 aliphatic rings. The molecule has 0 saturated heterocycles. The third-order valence-electron chi connectivity index (χ3n) is 1.43. The molecule has 0 aromatic heterocycles. The van der Waals surface area contributed by atoms with E-state index in [1.165, 1.54) is 0 Å². The fraction of sp³-hybridized carbons (Fsp3) is 0.273. The van der Waals surface area contributed by atoms with Crippen molar-refractivity contribution in [2.75, 3.05) is 5.33 Å². The van der Waals surface area contributed by atoms with E-state index in [2.05, 4.69) is 29.1 Å². The zero-order valence-electron chi connectivity index (χ0n) is 7.73. The average molecular weight is 227 g/mol. The molecule has 0 bridgehead atoms. The van der Waals surface area contributed by atoms with E-state index in [0.29, 0.717) is 0 Å². The Morgan fingerprint density at radius 2 is 1.92 bits per heavy atom. The first-order chi connectivity index (χ1) is 5.61. The van der Waals surface area contributed by atoms with Crippen molar-refractivity contribution in [2.45, 2.75) is 13.8 Å². The van der Waals surface area contributed by atoms with Gasteiger partial charge in [0.2, 0.25) is 0 Å². The molecule has 66 valence electrons. The molecule has 0 amide bonds. The lowest BCUT2D eigenvalue weighted by Crippen LogP contribution is -1.84. The van der Waals surface area contributed by atoms with Gasteiger partial charge in [-0.25, -0.2) is 0 Å². The summed E-state index contributed by atoms with van der Waals surface area (Å²) in [5, 5.41) is 0.813. The molecule has 0 atom stereocenters. The van der Waals surface area contributed by atoms with E-state index in [9.17, 15) is 0 Å². The van der Waals surface area contributed by atoms with Crippen LogP contribution < -0.4 is 0 Å². The zero-order valence-corrected chi connectivity index (χ0v) is 9.32. The van der Waals surface area contributed by atoms with Crippen molar-refractivity contribution in [3.05, 3.63) is 48.1 Å². The standard InChI is InChI=1S/C11H15Br/c1-5-11(10(4)8-12)7-6-9(2)3/h5-7H,2,4,8H2,1,3H3/b7-6-,11-5+. The second-order valence-electron chi connectivity index (χ2n) is 2.66. The molecule has 0 spiro atoms. The van der Waals surface area contributed by atoms with Gasteiger partial charge in [0, 0.05) is 5.33 Å². The van der Waals surface area contributed by atoms with Gasteiger partial charge in [0.15, 0.2) is 0 Å². The van der Waals surface area contributed by atoms with Crippen LogP contribution in [0.3, 0.4) is 0 Å². The minimum atomic E-state index is 0.813. The normalized spacial score (nSPS) is 12.1. The van der Waals surface area contributed by atoms with Crippen LogP contribution in [0.5, 0.6) is 0 Å². The van der Waals surface area contributed by atoms with Gasteiger partial charge < -0.3 is 0 Å². The van der Waals surface area contributed by atoms with Crippen LogP contribution in [-0.2, 0) is 0 Å². The number of alkyl halides is 1. The van der Waals surface area contributed by atoms with Crippen LogP contribution in [0.1, 0.15) is 13.8 Å². The molecule has 0 heterocycles. The maximum Gasteiger partial charge on any atom is 0.0282 e. The molecular formula is C11H15Br. The van der Waals surface area contributed by atoms with E-state index < -0.39 is 0 Å². The summed E-state index contributed by atoms with van der Waals surface area (Å²) in [5.41, 5.74) is 3.31. The quantitative estimate of drug-likeness (QED) is 0.502. The van der Waals surface area contributed by atoms with Crippen LogP contribution in [0, 0.1) is 0 Å². The van der Waals surface area contributed by atoms with Crippen molar-refractivity contribution in [1.29, 1.82) is 0 Å². The minimum Gasteiger partial charge on any atom is -0.0961 e. The molecule has 0 aliphatic heterocycles. The van der Waals surface area contributed by atoms with Gasteiger partial charge >= 0.3 is 0 Å². The first-order valence-corrected chi connectivity index (χ1v) is 4.98. The van der Waals surface area contributed by atoms with Crippen LogP contribution in [0.4, 0.5) is 0 Å². The van der Waals surface area contributed by atoms with Gasteiger partial charge in [-0.1, -0.05) is 52.9 Å². The summed E-state index contributed by atoms with van der Waals surface area (Å²) in [7, 11) is 0. The Morgan fingerprint density at radius 3 is 2.25 bits per heavy atom. The van der Waals surface area contributed by atoms with E-state index >= 15 is 0 Å². The van der Waals surface area contributed by atoms with Crippen LogP contribution in [-0.4, -0.2) is 5.33 Å². The molecule has 0 aromatic carbocycles. The van der Waals surface area contributed by atoms with Gasteiger partial charge in [-0.2, -0.15) is 0 Å². The van der Waals surface area contributed by atoms with E-state index in [4.69, 9.17) is 0 Å². The Bertz CT molecular complexity index is 231. The van der Waals surface area contributed by atoms with Gasteiger partial charge in [0.05, 0.1) is 0 Å². The summed E-state index contributed by atoms with van der Waals surface area (Å²) >= 11 is 3.37. The number of rotatable bonds is 4. The summed E-state index contributed by atoms with van der Waals surface area (Å²) in [6.07, 6.45) is 6.07. The molecule has 0 aliphatic carbocycles. The third kappa shape index (κ3) is 4.35. The van der Waals surface area contributed by atoms with Crippen molar-refractivity contribution < 1.29 is 0 Å². The highest BCUT2D eigenvalue weighted by molar-refractivity contribution is 9.09. The third-order valence-corrected chi connectivity index (χ3v) is 2.10. The molecule has 0 radical (unpaired) electrons. The smallest absolute Gasteiger partial charge is 0.0282 e. The van der Waals surface area contributed by atoms with Crippen molar-refractivity contribution in [3.63, 3.8) is 0 Å². The summed E-state index contributed by atoms with van der Waals surface area (Å²) < 4.78 is 0. The molecular weight excluding hydrogens is 212 g/mol. The number of hydrogen-bond acceptors (Lipinski definition) is 0. The van der Waals surface area contributed by atoms with Crippen molar-refractivity contribution in [3.8, 4) is 0 Å². The molecule has 0 N–H and O–H groups in total. The largest absolute Gasteiger partial charge is 0.0961 e. The molecule has 0 rings (SSSR count). The first-order valence-electron chi connectivity index (χ1n) is 3.85. The molecule has 0 fully saturated rings. The average Bonchev–Trinajstić information content (AvgIpc) is 2.04. The van der Waals surface area contributed by atoms with Crippen molar-refractivity contribution >= 4 is 15.9 Å². The van der Waals surface area contributed by atoms with E-state index in [1.54, 1.807) is 0 Å². The summed E-state index contributed by atoms with van der Waals surface area (Å²) in [4.78, 5) is 0. The van der Waals surface area contributed by atoms with E-state index in [0.717, 1.165) is 22.0 Å². The SMILES string of the molecule is C=C(C)/C=C\C(=C/C)C(=C)CBr. The lowest BCUT2D eigenvalue weighted by molar-refractivity contribution is 1.43. The molecule has 0 nitrogen and oxygen atoms in total. The number of hydrogen-bond donors (Lipinski definition) is 0. The van der Waals surface area contributed by atoms with E-state index in [-0.39, 0.29) is 0 Å². The van der Waals surface area contributed by atoms with Crippen LogP contribution >= 0.6 is 15.9 Å². The Hall–Kier alpha value is -0.560. The molecule has 1 heteroatoms. The van der Waals surface area contributed by atoms with E-state index in [1.807, 2.05) is 32.1 Å². The molecule has 12 heavy (non-hydrogen) atoms. The Labute approximate surface area is 83.5 Å². The summed E-state index contributed by atoms with van der Waals surface area (Å²) in [6.45, 7) is 11.7. The van der Waals surface area contributed by atoms with Crippen LogP contribution in [0.2, 0.25) is 0 Å². The van der Waals surface area contributed by atoms with Crippen LogP contribution in [0.15, 0.2) is 48.1 Å². The fourth-order valence-corrected chi connectivity index (χ4v) is 1.05. The van der Waals surface area contributed by atoms with Gasteiger partial charge in [-0.3, -0.25) is 0 Å². The van der Waals surface area contributed by atoms with Crippen molar-refractivity contribution in [1.82, 2.24) is 0 Å². The first kappa shape index (κ1) is 11.4. The Kier molecular flexibility index (Phi) is 5.73. The molecule has 0 unspecified atom stereocenters. The molecule has 0 aromatic rings. The highest BCUT2D eigenvalue weighted by Gasteiger charge is 1.94. The summed E-state index contributed by atoms with van der Waals surface area (Å²) in [5.74, 6) is 0. The highest BCUT2D eigenvalue weighted by Crippen LogP contribution is 2.12. The zero-order chi connectivity index (χ0) is 9.56.